The van der Waals surface area contributed by atoms with E-state index in [-0.39, 0.29) is 5.78 Å². The summed E-state index contributed by atoms with van der Waals surface area (Å²) in [6.07, 6.45) is 0.684. The molecule has 0 saturated carbocycles. The summed E-state index contributed by atoms with van der Waals surface area (Å²) in [7, 11) is 0. The molecular weight excluding hydrogens is 272 g/mol. The van der Waals surface area contributed by atoms with Crippen LogP contribution in [0.15, 0.2) is 52.9 Å². The molecule has 2 aromatic carbocycles. The van der Waals surface area contributed by atoms with E-state index in [1.54, 1.807) is 24.3 Å². The molecule has 0 aliphatic carbocycles. The van der Waals surface area contributed by atoms with E-state index in [0.717, 1.165) is 16.7 Å². The number of carbonyl (C=O) groups is 1. The van der Waals surface area contributed by atoms with Gasteiger partial charge in [0, 0.05) is 22.4 Å². The van der Waals surface area contributed by atoms with E-state index in [9.17, 15) is 4.79 Å². The predicted molar refractivity (Wildman–Crippen MR) is 80.5 cm³/mol. The standard InChI is InChI=1S/C17H13ClO2/c1-2-14-16(13-5-3-4-6-15(13)20-14)17(19)11-7-9-12(18)10-8-11/h3-10H,2H2,1H3. The normalized spacial score (nSPS) is 10.9. The summed E-state index contributed by atoms with van der Waals surface area (Å²) in [5.41, 5.74) is 2.03. The Morgan fingerprint density at radius 1 is 1.10 bits per heavy atom. The highest BCUT2D eigenvalue weighted by Gasteiger charge is 2.20. The molecule has 1 aromatic heterocycles. The van der Waals surface area contributed by atoms with Crippen molar-refractivity contribution in [2.24, 2.45) is 0 Å². The molecule has 0 saturated heterocycles. The van der Waals surface area contributed by atoms with E-state index >= 15 is 0 Å². The molecule has 0 radical (unpaired) electrons. The van der Waals surface area contributed by atoms with Gasteiger partial charge in [-0.25, -0.2) is 0 Å². The number of para-hydroxylation sites is 1. The van der Waals surface area contributed by atoms with Crippen LogP contribution in [0, 0.1) is 0 Å². The van der Waals surface area contributed by atoms with Crippen LogP contribution in [0.1, 0.15) is 28.6 Å². The first-order valence-corrected chi connectivity index (χ1v) is 6.89. The van der Waals surface area contributed by atoms with Crippen LogP contribution in [0.3, 0.4) is 0 Å². The van der Waals surface area contributed by atoms with Crippen molar-refractivity contribution in [1.82, 2.24) is 0 Å². The van der Waals surface area contributed by atoms with Crippen molar-refractivity contribution in [2.75, 3.05) is 0 Å². The van der Waals surface area contributed by atoms with Gasteiger partial charge in [-0.2, -0.15) is 0 Å². The number of carbonyl (C=O) groups excluding carboxylic acids is 1. The smallest absolute Gasteiger partial charge is 0.197 e. The van der Waals surface area contributed by atoms with Crippen LogP contribution in [0.25, 0.3) is 11.0 Å². The van der Waals surface area contributed by atoms with Crippen LogP contribution >= 0.6 is 11.6 Å². The zero-order valence-corrected chi connectivity index (χ0v) is 11.8. The van der Waals surface area contributed by atoms with E-state index in [1.807, 2.05) is 31.2 Å². The molecule has 0 amide bonds. The minimum atomic E-state index is -0.0246. The van der Waals surface area contributed by atoms with E-state index in [4.69, 9.17) is 16.0 Å². The van der Waals surface area contributed by atoms with Crippen LogP contribution in [-0.2, 0) is 6.42 Å². The summed E-state index contributed by atoms with van der Waals surface area (Å²) in [6.45, 7) is 1.98. The van der Waals surface area contributed by atoms with E-state index in [1.165, 1.54) is 0 Å². The first-order chi connectivity index (χ1) is 9.70. The fourth-order valence-corrected chi connectivity index (χ4v) is 2.47. The minimum Gasteiger partial charge on any atom is -0.460 e. The number of furan rings is 1. The number of halogens is 1. The molecule has 0 N–H and O–H groups in total. The number of rotatable bonds is 3. The first-order valence-electron chi connectivity index (χ1n) is 6.51. The average Bonchev–Trinajstić information content (AvgIpc) is 2.85. The number of benzene rings is 2. The Hall–Kier alpha value is -2.06. The number of hydrogen-bond acceptors (Lipinski definition) is 2. The topological polar surface area (TPSA) is 30.2 Å². The molecule has 2 nitrogen and oxygen atoms in total. The van der Waals surface area contributed by atoms with Crippen molar-refractivity contribution in [3.63, 3.8) is 0 Å². The van der Waals surface area contributed by atoms with Gasteiger partial charge in [-0.3, -0.25) is 4.79 Å². The van der Waals surface area contributed by atoms with Crippen LogP contribution in [0.2, 0.25) is 5.02 Å². The SMILES string of the molecule is CCc1oc2ccccc2c1C(=O)c1ccc(Cl)cc1. The molecule has 0 aliphatic rings. The van der Waals surface area contributed by atoms with Crippen LogP contribution in [0.5, 0.6) is 0 Å². The van der Waals surface area contributed by atoms with Gasteiger partial charge in [0.1, 0.15) is 11.3 Å². The molecule has 3 heteroatoms. The molecule has 1 heterocycles. The van der Waals surface area contributed by atoms with Gasteiger partial charge in [0.25, 0.3) is 0 Å². The van der Waals surface area contributed by atoms with E-state index in [2.05, 4.69) is 0 Å². The van der Waals surface area contributed by atoms with Gasteiger partial charge >= 0.3 is 0 Å². The van der Waals surface area contributed by atoms with Crippen LogP contribution in [0.4, 0.5) is 0 Å². The van der Waals surface area contributed by atoms with Gasteiger partial charge in [-0.05, 0) is 30.3 Å². The highest BCUT2D eigenvalue weighted by atomic mass is 35.5. The van der Waals surface area contributed by atoms with Gasteiger partial charge in [-0.15, -0.1) is 0 Å². The molecule has 0 bridgehead atoms. The van der Waals surface area contributed by atoms with Crippen molar-refractivity contribution >= 4 is 28.4 Å². The fraction of sp³-hybridized carbons (Fsp3) is 0.118. The van der Waals surface area contributed by atoms with Crippen molar-refractivity contribution < 1.29 is 9.21 Å². The lowest BCUT2D eigenvalue weighted by molar-refractivity contribution is 0.103. The number of aryl methyl sites for hydroxylation is 1. The van der Waals surface area contributed by atoms with Crippen molar-refractivity contribution in [3.8, 4) is 0 Å². The third-order valence-corrected chi connectivity index (χ3v) is 3.57. The number of ketones is 1. The third-order valence-electron chi connectivity index (χ3n) is 3.32. The Morgan fingerprint density at radius 3 is 2.50 bits per heavy atom. The minimum absolute atomic E-state index is 0.0246. The molecule has 0 spiro atoms. The Labute approximate surface area is 122 Å². The molecule has 3 rings (SSSR count). The maximum atomic E-state index is 12.7. The van der Waals surface area contributed by atoms with E-state index in [0.29, 0.717) is 22.6 Å². The molecule has 3 aromatic rings. The quantitative estimate of drug-likeness (QED) is 0.642. The van der Waals surface area contributed by atoms with Crippen LogP contribution in [-0.4, -0.2) is 5.78 Å². The summed E-state index contributed by atoms with van der Waals surface area (Å²) < 4.78 is 5.77. The highest BCUT2D eigenvalue weighted by Crippen LogP contribution is 2.28. The Kier molecular flexibility index (Phi) is 3.33. The maximum Gasteiger partial charge on any atom is 0.197 e. The average molecular weight is 285 g/mol. The number of fused-ring (bicyclic) bond motifs is 1. The Morgan fingerprint density at radius 2 is 1.80 bits per heavy atom. The van der Waals surface area contributed by atoms with Crippen molar-refractivity contribution in [3.05, 3.63) is 70.4 Å². The molecular formula is C17H13ClO2. The fourth-order valence-electron chi connectivity index (χ4n) is 2.34. The zero-order chi connectivity index (χ0) is 14.1. The summed E-state index contributed by atoms with van der Waals surface area (Å²) in [5.74, 6) is 0.703. The molecule has 0 atom stereocenters. The monoisotopic (exact) mass is 284 g/mol. The van der Waals surface area contributed by atoms with Gasteiger partial charge in [0.2, 0.25) is 0 Å². The largest absolute Gasteiger partial charge is 0.460 e. The second kappa shape index (κ2) is 5.14. The summed E-state index contributed by atoms with van der Waals surface area (Å²) in [5, 5.41) is 1.48. The summed E-state index contributed by atoms with van der Waals surface area (Å²) in [6, 6.07) is 14.6. The zero-order valence-electron chi connectivity index (χ0n) is 11.0. The lowest BCUT2D eigenvalue weighted by Gasteiger charge is -2.01. The van der Waals surface area contributed by atoms with Gasteiger partial charge in [0.05, 0.1) is 5.56 Å². The Balaban J connectivity index is 2.17. The Bertz CT molecular complexity index is 769. The number of hydrogen-bond donors (Lipinski definition) is 0. The predicted octanol–water partition coefficient (Wildman–Crippen LogP) is 4.88. The second-order valence-electron chi connectivity index (χ2n) is 4.59. The maximum absolute atomic E-state index is 12.7. The highest BCUT2D eigenvalue weighted by molar-refractivity contribution is 6.30. The molecule has 0 aliphatic heterocycles. The van der Waals surface area contributed by atoms with Gasteiger partial charge in [-0.1, -0.05) is 36.7 Å². The van der Waals surface area contributed by atoms with Crippen molar-refractivity contribution in [2.45, 2.75) is 13.3 Å². The van der Waals surface area contributed by atoms with Crippen molar-refractivity contribution in [1.29, 1.82) is 0 Å². The molecule has 0 unspecified atom stereocenters. The molecule has 0 fully saturated rings. The summed E-state index contributed by atoms with van der Waals surface area (Å²) in [4.78, 5) is 12.7. The second-order valence-corrected chi connectivity index (χ2v) is 5.02. The van der Waals surface area contributed by atoms with Gasteiger partial charge < -0.3 is 4.42 Å². The molecule has 100 valence electrons. The summed E-state index contributed by atoms with van der Waals surface area (Å²) >= 11 is 5.87. The van der Waals surface area contributed by atoms with Crippen LogP contribution < -0.4 is 0 Å². The van der Waals surface area contributed by atoms with E-state index < -0.39 is 0 Å². The third kappa shape index (κ3) is 2.12. The lowest BCUT2D eigenvalue weighted by atomic mass is 9.99. The lowest BCUT2D eigenvalue weighted by Crippen LogP contribution is -2.03. The molecule has 20 heavy (non-hydrogen) atoms. The van der Waals surface area contributed by atoms with Gasteiger partial charge in [0.15, 0.2) is 5.78 Å². The first kappa shape index (κ1) is 12.9.